The number of hydrogen-bond acceptors (Lipinski definition) is 6. The maximum Gasteiger partial charge on any atom is 0.343 e. The molecule has 0 saturated heterocycles. The molecule has 9 nitrogen and oxygen atoms in total. The van der Waals surface area contributed by atoms with Crippen LogP contribution in [0.2, 0.25) is 0 Å². The summed E-state index contributed by atoms with van der Waals surface area (Å²) in [4.78, 5) is 29.8. The minimum Gasteiger partial charge on any atom is -0.502 e. The SMILES string of the molecule is Cc1c(O)c([N+](=O)[O-])cc([N+](=O)[O-])c1C(=O)O. The standard InChI is InChI=1S/C8H6N2O7/c1-3-6(8(12)13)4(9(14)15)2-5(7(3)11)10(16)17/h2,11H,1H3,(H,12,13). The van der Waals surface area contributed by atoms with Crippen LogP contribution in [0, 0.1) is 27.2 Å². The summed E-state index contributed by atoms with van der Waals surface area (Å²) in [7, 11) is 0. The van der Waals surface area contributed by atoms with Crippen LogP contribution in [0.4, 0.5) is 11.4 Å². The third-order valence-electron chi connectivity index (χ3n) is 2.11. The summed E-state index contributed by atoms with van der Waals surface area (Å²) in [5, 5.41) is 39.2. The van der Waals surface area contributed by atoms with Gasteiger partial charge in [-0.1, -0.05) is 0 Å². The van der Waals surface area contributed by atoms with Crippen LogP contribution in [-0.4, -0.2) is 26.0 Å². The predicted octanol–water partition coefficient (Wildman–Crippen LogP) is 1.22. The molecule has 0 aliphatic carbocycles. The molecule has 1 aromatic carbocycles. The minimum atomic E-state index is -1.64. The van der Waals surface area contributed by atoms with Crippen molar-refractivity contribution < 1.29 is 24.9 Å². The van der Waals surface area contributed by atoms with Gasteiger partial charge in [-0.05, 0) is 6.92 Å². The average molecular weight is 242 g/mol. The molecule has 1 rings (SSSR count). The molecule has 2 N–H and O–H groups in total. The Morgan fingerprint density at radius 3 is 2.06 bits per heavy atom. The Morgan fingerprint density at radius 2 is 1.71 bits per heavy atom. The van der Waals surface area contributed by atoms with Crippen molar-refractivity contribution in [2.24, 2.45) is 0 Å². The molecule has 0 bridgehead atoms. The zero-order valence-electron chi connectivity index (χ0n) is 8.41. The first-order valence-electron chi connectivity index (χ1n) is 4.16. The zero-order valence-corrected chi connectivity index (χ0v) is 8.41. The van der Waals surface area contributed by atoms with Crippen LogP contribution in [-0.2, 0) is 0 Å². The number of aromatic hydroxyl groups is 1. The number of phenols is 1. The lowest BCUT2D eigenvalue weighted by Crippen LogP contribution is -2.07. The van der Waals surface area contributed by atoms with Crippen molar-refractivity contribution in [2.45, 2.75) is 6.92 Å². The second-order valence-corrected chi connectivity index (χ2v) is 3.08. The number of carbonyl (C=O) groups is 1. The van der Waals surface area contributed by atoms with E-state index in [9.17, 15) is 30.1 Å². The van der Waals surface area contributed by atoms with Crippen LogP contribution in [0.1, 0.15) is 15.9 Å². The van der Waals surface area contributed by atoms with Gasteiger partial charge in [0.05, 0.1) is 15.9 Å². The summed E-state index contributed by atoms with van der Waals surface area (Å²) in [6.45, 7) is 1.05. The lowest BCUT2D eigenvalue weighted by atomic mass is 10.0. The Balaban J connectivity index is 3.75. The van der Waals surface area contributed by atoms with E-state index in [1.807, 2.05) is 0 Å². The van der Waals surface area contributed by atoms with Gasteiger partial charge in [-0.25, -0.2) is 4.79 Å². The van der Waals surface area contributed by atoms with E-state index in [1.54, 1.807) is 0 Å². The van der Waals surface area contributed by atoms with E-state index >= 15 is 0 Å². The number of phenolic OH excluding ortho intramolecular Hbond substituents is 1. The molecule has 0 aromatic heterocycles. The van der Waals surface area contributed by atoms with Gasteiger partial charge in [0.15, 0.2) is 5.75 Å². The van der Waals surface area contributed by atoms with Crippen molar-refractivity contribution in [3.63, 3.8) is 0 Å². The largest absolute Gasteiger partial charge is 0.502 e. The van der Waals surface area contributed by atoms with E-state index in [4.69, 9.17) is 5.11 Å². The molecule has 0 heterocycles. The predicted molar refractivity (Wildman–Crippen MR) is 53.1 cm³/mol. The molecule has 0 saturated carbocycles. The normalized spacial score (nSPS) is 9.94. The summed E-state index contributed by atoms with van der Waals surface area (Å²) in [5.41, 5.74) is -3.02. The quantitative estimate of drug-likeness (QED) is 0.598. The molecule has 0 atom stereocenters. The Hall–Kier alpha value is -2.71. The number of rotatable bonds is 3. The van der Waals surface area contributed by atoms with Crippen molar-refractivity contribution in [1.82, 2.24) is 0 Å². The topological polar surface area (TPSA) is 144 Å². The highest BCUT2D eigenvalue weighted by atomic mass is 16.6. The molecule has 90 valence electrons. The van der Waals surface area contributed by atoms with E-state index in [-0.39, 0.29) is 0 Å². The van der Waals surface area contributed by atoms with Crippen LogP contribution >= 0.6 is 0 Å². The third kappa shape index (κ3) is 1.97. The summed E-state index contributed by atoms with van der Waals surface area (Å²) in [6.07, 6.45) is 0. The van der Waals surface area contributed by atoms with Gasteiger partial charge in [0.25, 0.3) is 5.69 Å². The highest BCUT2D eigenvalue weighted by Gasteiger charge is 2.31. The number of carboxylic acid groups (broad SMARTS) is 1. The Kier molecular flexibility index (Phi) is 2.94. The Morgan fingerprint density at radius 1 is 1.24 bits per heavy atom. The van der Waals surface area contributed by atoms with Crippen molar-refractivity contribution in [3.05, 3.63) is 37.4 Å². The molecular formula is C8H6N2O7. The number of nitrogens with zero attached hydrogens (tertiary/aromatic N) is 2. The second kappa shape index (κ2) is 4.04. The lowest BCUT2D eigenvalue weighted by molar-refractivity contribution is -0.395. The van der Waals surface area contributed by atoms with Crippen LogP contribution in [0.3, 0.4) is 0 Å². The van der Waals surface area contributed by atoms with Crippen molar-refractivity contribution in [2.75, 3.05) is 0 Å². The van der Waals surface area contributed by atoms with Gasteiger partial charge in [-0.15, -0.1) is 0 Å². The Labute approximate surface area is 93.2 Å². The van der Waals surface area contributed by atoms with Crippen molar-refractivity contribution >= 4 is 17.3 Å². The summed E-state index contributed by atoms with van der Waals surface area (Å²) >= 11 is 0. The fraction of sp³-hybridized carbons (Fsp3) is 0.125. The molecule has 1 aromatic rings. The third-order valence-corrected chi connectivity index (χ3v) is 2.11. The van der Waals surface area contributed by atoms with Crippen molar-refractivity contribution in [3.8, 4) is 5.75 Å². The van der Waals surface area contributed by atoms with Crippen LogP contribution < -0.4 is 0 Å². The fourth-order valence-electron chi connectivity index (χ4n) is 1.33. The smallest absolute Gasteiger partial charge is 0.343 e. The van der Waals surface area contributed by atoms with Gasteiger partial charge in [-0.2, -0.15) is 0 Å². The van der Waals surface area contributed by atoms with Gasteiger partial charge in [0.1, 0.15) is 5.56 Å². The van der Waals surface area contributed by atoms with E-state index < -0.39 is 44.1 Å². The van der Waals surface area contributed by atoms with Crippen molar-refractivity contribution in [1.29, 1.82) is 0 Å². The maximum absolute atomic E-state index is 10.8. The Bertz CT molecular complexity index is 537. The lowest BCUT2D eigenvalue weighted by Gasteiger charge is -2.05. The van der Waals surface area contributed by atoms with Gasteiger partial charge in [-0.3, -0.25) is 20.2 Å². The molecular weight excluding hydrogens is 236 g/mol. The van der Waals surface area contributed by atoms with Crippen LogP contribution in [0.25, 0.3) is 0 Å². The monoisotopic (exact) mass is 242 g/mol. The zero-order chi connectivity index (χ0) is 13.3. The first-order chi connectivity index (χ1) is 7.77. The summed E-state index contributed by atoms with van der Waals surface area (Å²) in [6, 6.07) is 0.422. The molecule has 0 amide bonds. The fourth-order valence-corrected chi connectivity index (χ4v) is 1.33. The molecule has 17 heavy (non-hydrogen) atoms. The molecule has 0 radical (unpaired) electrons. The average Bonchev–Trinajstić information content (AvgIpc) is 2.19. The summed E-state index contributed by atoms with van der Waals surface area (Å²) < 4.78 is 0. The first-order valence-corrected chi connectivity index (χ1v) is 4.16. The molecule has 9 heteroatoms. The van der Waals surface area contributed by atoms with Gasteiger partial charge in [0.2, 0.25) is 0 Å². The number of carboxylic acids is 1. The summed E-state index contributed by atoms with van der Waals surface area (Å²) in [5.74, 6) is -2.53. The van der Waals surface area contributed by atoms with Gasteiger partial charge >= 0.3 is 11.7 Å². The second-order valence-electron chi connectivity index (χ2n) is 3.08. The number of hydrogen-bond donors (Lipinski definition) is 2. The van der Waals surface area contributed by atoms with Gasteiger partial charge < -0.3 is 10.2 Å². The molecule has 0 aliphatic rings. The molecule has 0 unspecified atom stereocenters. The number of nitro groups is 2. The minimum absolute atomic E-state index is 0.418. The van der Waals surface area contributed by atoms with E-state index in [0.717, 1.165) is 6.92 Å². The number of benzene rings is 1. The number of aromatic carboxylic acids is 1. The highest BCUT2D eigenvalue weighted by molar-refractivity contribution is 5.96. The van der Waals surface area contributed by atoms with E-state index in [0.29, 0.717) is 6.07 Å². The van der Waals surface area contributed by atoms with Crippen LogP contribution in [0.5, 0.6) is 5.75 Å². The van der Waals surface area contributed by atoms with Crippen LogP contribution in [0.15, 0.2) is 6.07 Å². The number of nitro benzene ring substituents is 2. The molecule has 0 fully saturated rings. The highest BCUT2D eigenvalue weighted by Crippen LogP contribution is 2.37. The van der Waals surface area contributed by atoms with E-state index in [1.165, 1.54) is 0 Å². The molecule has 0 spiro atoms. The van der Waals surface area contributed by atoms with Gasteiger partial charge in [0, 0.05) is 5.56 Å². The molecule has 0 aliphatic heterocycles. The van der Waals surface area contributed by atoms with E-state index in [2.05, 4.69) is 0 Å². The first kappa shape index (κ1) is 12.4. The maximum atomic E-state index is 10.8.